The molecule has 8 heteroatoms. The van der Waals surface area contributed by atoms with Crippen LogP contribution in [0.15, 0.2) is 33.6 Å². The van der Waals surface area contributed by atoms with Crippen LogP contribution >= 0.6 is 0 Å². The summed E-state index contributed by atoms with van der Waals surface area (Å²) < 4.78 is 37.9. The highest BCUT2D eigenvalue weighted by Gasteiger charge is 2.33. The topological polar surface area (TPSA) is 85.5 Å². The molecule has 7 nitrogen and oxygen atoms in total. The molecule has 1 aromatic heterocycles. The Labute approximate surface area is 154 Å². The van der Waals surface area contributed by atoms with Crippen molar-refractivity contribution in [2.45, 2.75) is 38.0 Å². The molecule has 1 aliphatic rings. The van der Waals surface area contributed by atoms with Crippen LogP contribution in [0.4, 0.5) is 0 Å². The highest BCUT2D eigenvalue weighted by atomic mass is 32.2. The number of aromatic nitrogens is 2. The first-order valence-corrected chi connectivity index (χ1v) is 10.3. The number of methoxy groups -OCH3 is 1. The van der Waals surface area contributed by atoms with Crippen LogP contribution in [0.3, 0.4) is 0 Å². The molecule has 0 N–H and O–H groups in total. The third kappa shape index (κ3) is 4.24. The average molecular weight is 379 g/mol. The van der Waals surface area contributed by atoms with Crippen molar-refractivity contribution < 1.29 is 17.6 Å². The SMILES string of the molecule is COc1ccc(S(=O)(=O)N2CCC(Cc3nnc(CC(C)C)o3)C2)cc1. The number of hydrogen-bond donors (Lipinski definition) is 0. The molecule has 1 saturated heterocycles. The van der Waals surface area contributed by atoms with Gasteiger partial charge in [0.05, 0.1) is 12.0 Å². The predicted octanol–water partition coefficient (Wildman–Crippen LogP) is 2.53. The molecule has 3 rings (SSSR count). The summed E-state index contributed by atoms with van der Waals surface area (Å²) in [5.74, 6) is 2.53. The van der Waals surface area contributed by atoms with E-state index in [0.29, 0.717) is 43.0 Å². The molecular weight excluding hydrogens is 354 g/mol. The Bertz CT molecular complexity index is 830. The highest BCUT2D eigenvalue weighted by molar-refractivity contribution is 7.89. The Hall–Kier alpha value is -1.93. The van der Waals surface area contributed by atoms with Gasteiger partial charge in [0.15, 0.2) is 0 Å². The maximum Gasteiger partial charge on any atom is 0.243 e. The lowest BCUT2D eigenvalue weighted by Gasteiger charge is -2.16. The lowest BCUT2D eigenvalue weighted by molar-refractivity contribution is 0.391. The number of sulfonamides is 1. The van der Waals surface area contributed by atoms with Crippen molar-refractivity contribution in [1.29, 1.82) is 0 Å². The van der Waals surface area contributed by atoms with Crippen molar-refractivity contribution in [3.63, 3.8) is 0 Å². The van der Waals surface area contributed by atoms with E-state index >= 15 is 0 Å². The molecule has 0 saturated carbocycles. The number of ether oxygens (including phenoxy) is 1. The first-order valence-electron chi connectivity index (χ1n) is 8.84. The largest absolute Gasteiger partial charge is 0.497 e. The van der Waals surface area contributed by atoms with Crippen molar-refractivity contribution in [2.24, 2.45) is 11.8 Å². The molecule has 26 heavy (non-hydrogen) atoms. The van der Waals surface area contributed by atoms with Crippen LogP contribution in [0, 0.1) is 11.8 Å². The number of benzene rings is 1. The second kappa shape index (κ2) is 7.75. The molecule has 0 aliphatic carbocycles. The zero-order valence-corrected chi connectivity index (χ0v) is 16.2. The summed E-state index contributed by atoms with van der Waals surface area (Å²) in [5, 5.41) is 8.17. The van der Waals surface area contributed by atoms with E-state index in [1.54, 1.807) is 31.4 Å². The van der Waals surface area contributed by atoms with Crippen LogP contribution in [0.1, 0.15) is 32.0 Å². The fourth-order valence-corrected chi connectivity index (χ4v) is 4.66. The minimum atomic E-state index is -3.49. The van der Waals surface area contributed by atoms with Gasteiger partial charge < -0.3 is 9.15 Å². The van der Waals surface area contributed by atoms with Crippen molar-refractivity contribution in [3.05, 3.63) is 36.0 Å². The molecule has 1 aromatic carbocycles. The molecule has 1 atom stereocenters. The summed E-state index contributed by atoms with van der Waals surface area (Å²) in [6.07, 6.45) is 2.16. The Morgan fingerprint density at radius 2 is 1.92 bits per heavy atom. The van der Waals surface area contributed by atoms with E-state index < -0.39 is 10.0 Å². The minimum Gasteiger partial charge on any atom is -0.497 e. The van der Waals surface area contributed by atoms with E-state index in [4.69, 9.17) is 9.15 Å². The molecule has 0 radical (unpaired) electrons. The minimum absolute atomic E-state index is 0.190. The Balaban J connectivity index is 1.63. The fraction of sp³-hybridized carbons (Fsp3) is 0.556. The van der Waals surface area contributed by atoms with Crippen LogP contribution in [0.5, 0.6) is 5.75 Å². The summed E-state index contributed by atoms with van der Waals surface area (Å²) in [6, 6.07) is 6.49. The first kappa shape index (κ1) is 18.8. The van der Waals surface area contributed by atoms with E-state index in [-0.39, 0.29) is 10.8 Å². The van der Waals surface area contributed by atoms with Gasteiger partial charge in [-0.3, -0.25) is 0 Å². The molecule has 2 heterocycles. The van der Waals surface area contributed by atoms with Crippen molar-refractivity contribution in [3.8, 4) is 5.75 Å². The highest BCUT2D eigenvalue weighted by Crippen LogP contribution is 2.27. The molecule has 1 fully saturated rings. The van der Waals surface area contributed by atoms with Crippen molar-refractivity contribution in [1.82, 2.24) is 14.5 Å². The fourth-order valence-electron chi connectivity index (χ4n) is 3.13. The number of nitrogens with zero attached hydrogens (tertiary/aromatic N) is 3. The third-order valence-electron chi connectivity index (χ3n) is 4.50. The summed E-state index contributed by atoms with van der Waals surface area (Å²) in [5.41, 5.74) is 0. The van der Waals surface area contributed by atoms with Gasteiger partial charge in [0.1, 0.15) is 5.75 Å². The van der Waals surface area contributed by atoms with Crippen LogP contribution in [0.25, 0.3) is 0 Å². The predicted molar refractivity (Wildman–Crippen MR) is 96.4 cm³/mol. The van der Waals surface area contributed by atoms with Crippen LogP contribution < -0.4 is 4.74 Å². The summed E-state index contributed by atoms with van der Waals surface area (Å²) in [6.45, 7) is 5.17. The van der Waals surface area contributed by atoms with Gasteiger partial charge in [-0.25, -0.2) is 8.42 Å². The van der Waals surface area contributed by atoms with Gasteiger partial charge in [-0.15, -0.1) is 10.2 Å². The van der Waals surface area contributed by atoms with E-state index in [2.05, 4.69) is 24.0 Å². The third-order valence-corrected chi connectivity index (χ3v) is 6.38. The summed E-state index contributed by atoms with van der Waals surface area (Å²) in [7, 11) is -1.93. The van der Waals surface area contributed by atoms with Gasteiger partial charge in [0.2, 0.25) is 21.8 Å². The molecule has 1 unspecified atom stereocenters. The maximum atomic E-state index is 12.8. The number of rotatable bonds is 7. The molecule has 0 bridgehead atoms. The lowest BCUT2D eigenvalue weighted by atomic mass is 10.1. The summed E-state index contributed by atoms with van der Waals surface area (Å²) in [4.78, 5) is 0.288. The first-order chi connectivity index (χ1) is 12.4. The maximum absolute atomic E-state index is 12.8. The van der Waals surface area contributed by atoms with Gasteiger partial charge >= 0.3 is 0 Å². The lowest BCUT2D eigenvalue weighted by Crippen LogP contribution is -2.29. The van der Waals surface area contributed by atoms with Crippen molar-refractivity contribution in [2.75, 3.05) is 20.2 Å². The summed E-state index contributed by atoms with van der Waals surface area (Å²) >= 11 is 0. The van der Waals surface area contributed by atoms with E-state index in [1.807, 2.05) is 0 Å². The van der Waals surface area contributed by atoms with Crippen molar-refractivity contribution >= 4 is 10.0 Å². The van der Waals surface area contributed by atoms with E-state index in [9.17, 15) is 8.42 Å². The molecule has 2 aromatic rings. The monoisotopic (exact) mass is 379 g/mol. The molecule has 0 spiro atoms. The van der Waals surface area contributed by atoms with Gasteiger partial charge in [-0.05, 0) is 42.5 Å². The van der Waals surface area contributed by atoms with Crippen LogP contribution in [-0.4, -0.2) is 43.1 Å². The number of hydrogen-bond acceptors (Lipinski definition) is 6. The zero-order chi connectivity index (χ0) is 18.7. The smallest absolute Gasteiger partial charge is 0.243 e. The Morgan fingerprint density at radius 3 is 2.58 bits per heavy atom. The average Bonchev–Trinajstić information content (AvgIpc) is 3.25. The van der Waals surface area contributed by atoms with Gasteiger partial charge in [-0.2, -0.15) is 4.31 Å². The Morgan fingerprint density at radius 1 is 1.23 bits per heavy atom. The van der Waals surface area contributed by atoms with Gasteiger partial charge in [-0.1, -0.05) is 13.8 Å². The van der Waals surface area contributed by atoms with Crippen LogP contribution in [0.2, 0.25) is 0 Å². The van der Waals surface area contributed by atoms with E-state index in [1.165, 1.54) is 4.31 Å². The second-order valence-electron chi connectivity index (χ2n) is 7.08. The molecular formula is C18H25N3O4S. The second-order valence-corrected chi connectivity index (χ2v) is 9.02. The Kier molecular flexibility index (Phi) is 5.62. The normalized spacial score (nSPS) is 18.5. The molecule has 0 amide bonds. The standard InChI is InChI=1S/C18H25N3O4S/c1-13(2)10-17-19-20-18(25-17)11-14-8-9-21(12-14)26(22,23)16-6-4-15(24-3)5-7-16/h4-7,13-14H,8-12H2,1-3H3. The molecule has 1 aliphatic heterocycles. The van der Waals surface area contributed by atoms with Crippen LogP contribution in [-0.2, 0) is 22.9 Å². The van der Waals surface area contributed by atoms with Gasteiger partial charge in [0, 0.05) is 25.9 Å². The van der Waals surface area contributed by atoms with E-state index in [0.717, 1.165) is 12.8 Å². The molecule has 142 valence electrons. The van der Waals surface area contributed by atoms with Gasteiger partial charge in [0.25, 0.3) is 0 Å². The zero-order valence-electron chi connectivity index (χ0n) is 15.4. The quantitative estimate of drug-likeness (QED) is 0.735.